The lowest BCUT2D eigenvalue weighted by Crippen LogP contribution is -2.17. The summed E-state index contributed by atoms with van der Waals surface area (Å²) in [6.45, 7) is 24.1. The number of hydrogen-bond donors (Lipinski definition) is 0. The third-order valence-corrected chi connectivity index (χ3v) is 17.2. The zero-order valence-electron chi connectivity index (χ0n) is 54.9. The van der Waals surface area contributed by atoms with Gasteiger partial charge in [0.25, 0.3) is 0 Å². The molecule has 0 aliphatic heterocycles. The van der Waals surface area contributed by atoms with Crippen LogP contribution in [0.15, 0.2) is 273 Å². The van der Waals surface area contributed by atoms with E-state index in [2.05, 4.69) is 343 Å². The Morgan fingerprint density at radius 3 is 1.00 bits per heavy atom. The Bertz CT molecular complexity index is 4680. The monoisotopic (exact) mass is 1180 g/mol. The van der Waals surface area contributed by atoms with Gasteiger partial charge in [-0.3, -0.25) is 0 Å². The zero-order valence-corrected chi connectivity index (χ0v) is 54.9. The summed E-state index contributed by atoms with van der Waals surface area (Å²) < 4.78 is 0. The number of rotatable bonds is 13. The zero-order chi connectivity index (χ0) is 63.5. The van der Waals surface area contributed by atoms with E-state index in [0.29, 0.717) is 0 Å². The van der Waals surface area contributed by atoms with E-state index < -0.39 is 0 Å². The summed E-state index contributed by atoms with van der Waals surface area (Å²) in [7, 11) is 0. The Hall–Kier alpha value is -10.3. The molecule has 0 aliphatic carbocycles. The molecule has 0 unspecified atom stereocenters. The van der Waals surface area contributed by atoms with E-state index in [1.807, 2.05) is 27.7 Å². The van der Waals surface area contributed by atoms with Crippen molar-refractivity contribution in [3.8, 4) is 0 Å². The largest absolute Gasteiger partial charge is 0.342 e. The number of benzene rings is 14. The minimum atomic E-state index is 0.996. The first-order valence-electron chi connectivity index (χ1n) is 32.7. The lowest BCUT2D eigenvalue weighted by Gasteiger charge is -2.30. The van der Waals surface area contributed by atoms with Gasteiger partial charge in [0, 0.05) is 45.5 Å². The molecule has 0 bridgehead atoms. The predicted octanol–water partition coefficient (Wildman–Crippen LogP) is 25.7. The molecule has 0 aromatic heterocycles. The van der Waals surface area contributed by atoms with Gasteiger partial charge < -0.3 is 9.80 Å². The molecule has 0 fully saturated rings. The third-order valence-electron chi connectivity index (χ3n) is 17.2. The van der Waals surface area contributed by atoms with Crippen molar-refractivity contribution in [2.75, 3.05) is 16.3 Å². The minimum absolute atomic E-state index is 0.996. The van der Waals surface area contributed by atoms with Gasteiger partial charge in [-0.1, -0.05) is 292 Å². The van der Waals surface area contributed by atoms with Crippen molar-refractivity contribution < 1.29 is 0 Å². The molecule has 0 spiro atoms. The van der Waals surface area contributed by atoms with Crippen molar-refractivity contribution in [3.05, 3.63) is 340 Å². The average Bonchev–Trinajstić information content (AvgIpc) is 0.701. The summed E-state index contributed by atoms with van der Waals surface area (Å²) in [5, 5.41) is 12.9. The Kier molecular flexibility index (Phi) is 19.5. The molecule has 14 aromatic carbocycles. The molecule has 0 N–H and O–H groups in total. The van der Waals surface area contributed by atoms with Crippen molar-refractivity contribution in [2.45, 2.75) is 82.6 Å². The Morgan fingerprint density at radius 1 is 0.286 bits per heavy atom. The van der Waals surface area contributed by atoms with Gasteiger partial charge in [-0.2, -0.15) is 0 Å². The van der Waals surface area contributed by atoms with Gasteiger partial charge in [0.2, 0.25) is 0 Å². The molecule has 0 saturated carbocycles. The van der Waals surface area contributed by atoms with Crippen LogP contribution in [0.5, 0.6) is 0 Å². The Morgan fingerprint density at radius 2 is 0.582 bits per heavy atom. The third kappa shape index (κ3) is 13.4. The van der Waals surface area contributed by atoms with Crippen LogP contribution in [0.25, 0.3) is 77.2 Å². The quantitative estimate of drug-likeness (QED) is 0.0645. The molecule has 0 aliphatic rings. The van der Waals surface area contributed by atoms with Crippen LogP contribution in [0.3, 0.4) is 0 Å². The van der Waals surface area contributed by atoms with Crippen LogP contribution >= 0.6 is 0 Å². The fraction of sp³-hybridized carbons (Fsp3) is 0.146. The fourth-order valence-corrected chi connectivity index (χ4v) is 12.6. The van der Waals surface area contributed by atoms with Crippen LogP contribution in [-0.2, 0) is 0 Å². The standard InChI is InChI=1S/C53H39N.C32H33N.2C2H6/c1-34-17-25-38(26-18-34)49(39-27-19-35(2)20-28-39)33-37-23-31-42(32-24-37)54(41-29-21-36(3)22-30-41)53-46-12-5-4-11-45(46)51-47-15-7-10-40-9-6-13-43(50(40)47)44-14-8-16-48(53)52(44)51;1-5-22-33(30-18-10-26(4)11-19-30)31-20-12-27(13-21-31)23-32(28-14-6-24(2)7-15-28)29-16-8-25(3)9-17-29;2*1-2/h4-33H,1-3H3;6-21,23H,5,22H2,1-4H3;2*1-2H3. The number of fused-ring (bicyclic) bond motifs is 4. The second kappa shape index (κ2) is 28.5. The second-order valence-electron chi connectivity index (χ2n) is 23.6. The molecule has 450 valence electrons. The molecule has 14 aromatic rings. The predicted molar refractivity (Wildman–Crippen MR) is 401 cm³/mol. The highest BCUT2D eigenvalue weighted by Gasteiger charge is 2.24. The van der Waals surface area contributed by atoms with Gasteiger partial charge in [0.1, 0.15) is 0 Å². The number of nitrogens with zero attached hydrogens (tertiary/aromatic N) is 2. The highest BCUT2D eigenvalue weighted by molar-refractivity contribution is 6.40. The van der Waals surface area contributed by atoms with E-state index >= 15 is 0 Å². The topological polar surface area (TPSA) is 6.48 Å². The van der Waals surface area contributed by atoms with Gasteiger partial charge in [0.15, 0.2) is 0 Å². The van der Waals surface area contributed by atoms with Crippen LogP contribution in [0.1, 0.15) is 108 Å². The number of anilines is 5. The highest BCUT2D eigenvalue weighted by atomic mass is 15.1. The van der Waals surface area contributed by atoms with Crippen LogP contribution in [0.2, 0.25) is 0 Å². The molecule has 2 nitrogen and oxygen atoms in total. The summed E-state index contributed by atoms with van der Waals surface area (Å²) in [4.78, 5) is 4.87. The summed E-state index contributed by atoms with van der Waals surface area (Å²) in [5.41, 5.74) is 23.2. The van der Waals surface area contributed by atoms with E-state index in [0.717, 1.165) is 29.9 Å². The lowest BCUT2D eigenvalue weighted by molar-refractivity contribution is 0.885. The first-order chi connectivity index (χ1) is 44.5. The number of aryl methyl sites for hydroxylation is 6. The molecule has 91 heavy (non-hydrogen) atoms. The molecule has 2 heteroatoms. The molecule has 0 heterocycles. The smallest absolute Gasteiger partial charge is 0.0619 e. The van der Waals surface area contributed by atoms with Crippen LogP contribution < -0.4 is 9.80 Å². The van der Waals surface area contributed by atoms with Gasteiger partial charge in [-0.15, -0.1) is 0 Å². The van der Waals surface area contributed by atoms with E-state index in [-0.39, 0.29) is 0 Å². The molecule has 0 radical (unpaired) electrons. The van der Waals surface area contributed by atoms with Crippen molar-refractivity contribution >= 4 is 106 Å². The average molecular weight is 1180 g/mol. The molecular formula is C89H84N2. The molecule has 14 rings (SSSR count). The maximum Gasteiger partial charge on any atom is 0.0619 e. The van der Waals surface area contributed by atoms with Crippen LogP contribution in [-0.4, -0.2) is 6.54 Å². The second-order valence-corrected chi connectivity index (χ2v) is 23.6. The van der Waals surface area contributed by atoms with Crippen LogP contribution in [0, 0.1) is 41.5 Å². The van der Waals surface area contributed by atoms with Gasteiger partial charge in [0.05, 0.1) is 5.69 Å². The maximum absolute atomic E-state index is 2.47. The van der Waals surface area contributed by atoms with Gasteiger partial charge in [-0.05, 0) is 191 Å². The van der Waals surface area contributed by atoms with Crippen molar-refractivity contribution in [3.63, 3.8) is 0 Å². The van der Waals surface area contributed by atoms with Crippen molar-refractivity contribution in [1.82, 2.24) is 0 Å². The minimum Gasteiger partial charge on any atom is -0.342 e. The fourth-order valence-electron chi connectivity index (χ4n) is 12.6. The summed E-state index contributed by atoms with van der Waals surface area (Å²) in [5.74, 6) is 0. The number of hydrogen-bond acceptors (Lipinski definition) is 2. The Labute approximate surface area is 541 Å². The van der Waals surface area contributed by atoms with E-state index in [4.69, 9.17) is 0 Å². The van der Waals surface area contributed by atoms with Crippen LogP contribution in [0.4, 0.5) is 28.4 Å². The van der Waals surface area contributed by atoms with Gasteiger partial charge in [-0.25, -0.2) is 0 Å². The lowest BCUT2D eigenvalue weighted by atomic mass is 9.86. The summed E-state index contributed by atoms with van der Waals surface area (Å²) >= 11 is 0. The molecule has 0 amide bonds. The highest BCUT2D eigenvalue weighted by Crippen LogP contribution is 2.51. The SMILES string of the molecule is CC.CC.CCCN(c1ccc(C)cc1)c1ccc(C=C(c2ccc(C)cc2)c2ccc(C)cc2)cc1.Cc1ccc(C(=Cc2ccc(N(c3ccc(C)cc3)c3c4ccccc4c4c5cccc6cccc(c7cccc3c74)c65)cc2)c2ccc(C)cc2)cc1. The van der Waals surface area contributed by atoms with E-state index in [1.165, 1.54) is 143 Å². The normalized spacial score (nSPS) is 10.9. The maximum atomic E-state index is 2.47. The molecular weight excluding hydrogens is 1100 g/mol. The van der Waals surface area contributed by atoms with E-state index in [9.17, 15) is 0 Å². The summed E-state index contributed by atoms with van der Waals surface area (Å²) in [6.07, 6.45) is 5.72. The van der Waals surface area contributed by atoms with E-state index in [1.54, 1.807) is 0 Å². The Balaban J connectivity index is 0.000000197. The molecule has 0 saturated heterocycles. The van der Waals surface area contributed by atoms with Gasteiger partial charge >= 0.3 is 0 Å². The first-order valence-corrected chi connectivity index (χ1v) is 32.7. The van der Waals surface area contributed by atoms with Crippen molar-refractivity contribution in [2.24, 2.45) is 0 Å². The first kappa shape index (κ1) is 62.3. The molecule has 0 atom stereocenters. The van der Waals surface area contributed by atoms with Crippen molar-refractivity contribution in [1.29, 1.82) is 0 Å². The summed E-state index contributed by atoms with van der Waals surface area (Å²) in [6, 6.07) is 101.